The van der Waals surface area contributed by atoms with E-state index in [1.54, 1.807) is 13.3 Å². The van der Waals surface area contributed by atoms with Crippen LogP contribution >= 0.6 is 11.6 Å². The number of benzene rings is 1. The fraction of sp³-hybridized carbons (Fsp3) is 0.267. The van der Waals surface area contributed by atoms with Crippen LogP contribution < -0.4 is 15.4 Å². The van der Waals surface area contributed by atoms with Gasteiger partial charge in [0.15, 0.2) is 0 Å². The molecule has 1 aromatic carbocycles. The lowest BCUT2D eigenvalue weighted by molar-refractivity contribution is 0.414. The van der Waals surface area contributed by atoms with Crippen molar-refractivity contribution in [2.24, 2.45) is 5.73 Å². The quantitative estimate of drug-likeness (QED) is 0.920. The molecule has 0 amide bonds. The Bertz CT molecular complexity index is 572. The lowest BCUT2D eigenvalue weighted by Gasteiger charge is -2.20. The minimum atomic E-state index is 0.407. The van der Waals surface area contributed by atoms with Gasteiger partial charge in [-0.05, 0) is 29.3 Å². The normalized spacial score (nSPS) is 10.4. The summed E-state index contributed by atoms with van der Waals surface area (Å²) in [5.41, 5.74) is 7.72. The number of hydrogen-bond acceptors (Lipinski definition) is 4. The lowest BCUT2D eigenvalue weighted by Crippen LogP contribution is -2.18. The zero-order chi connectivity index (χ0) is 14.5. The molecule has 0 atom stereocenters. The summed E-state index contributed by atoms with van der Waals surface area (Å²) in [6.07, 6.45) is 1.73. The maximum atomic E-state index is 6.31. The molecule has 0 aliphatic heterocycles. The van der Waals surface area contributed by atoms with Gasteiger partial charge in [0, 0.05) is 26.3 Å². The SMILES string of the molecule is COc1ccc(CN(C)c2nccc(CN)c2Cl)cc1. The van der Waals surface area contributed by atoms with Crippen LogP contribution in [0.25, 0.3) is 0 Å². The Morgan fingerprint density at radius 3 is 2.55 bits per heavy atom. The molecule has 0 spiro atoms. The number of rotatable bonds is 5. The molecule has 2 aromatic rings. The monoisotopic (exact) mass is 291 g/mol. The molecule has 0 aliphatic rings. The van der Waals surface area contributed by atoms with Crippen LogP contribution in [0.5, 0.6) is 5.75 Å². The third kappa shape index (κ3) is 3.21. The molecule has 0 fully saturated rings. The Labute approximate surface area is 124 Å². The molecule has 0 saturated heterocycles. The van der Waals surface area contributed by atoms with E-state index < -0.39 is 0 Å². The van der Waals surface area contributed by atoms with Gasteiger partial charge in [0.2, 0.25) is 0 Å². The third-order valence-corrected chi connectivity index (χ3v) is 3.52. The highest BCUT2D eigenvalue weighted by Crippen LogP contribution is 2.27. The Morgan fingerprint density at radius 1 is 1.25 bits per heavy atom. The average Bonchev–Trinajstić information content (AvgIpc) is 2.48. The van der Waals surface area contributed by atoms with Crippen molar-refractivity contribution in [1.29, 1.82) is 0 Å². The first-order valence-electron chi connectivity index (χ1n) is 6.33. The number of hydrogen-bond donors (Lipinski definition) is 1. The van der Waals surface area contributed by atoms with E-state index in [0.717, 1.165) is 22.7 Å². The van der Waals surface area contributed by atoms with Crippen molar-refractivity contribution in [3.63, 3.8) is 0 Å². The molecular weight excluding hydrogens is 274 g/mol. The number of nitrogens with zero attached hydrogens (tertiary/aromatic N) is 2. The first kappa shape index (κ1) is 14.6. The summed E-state index contributed by atoms with van der Waals surface area (Å²) in [7, 11) is 3.61. The highest BCUT2D eigenvalue weighted by molar-refractivity contribution is 6.33. The molecule has 106 valence electrons. The highest BCUT2D eigenvalue weighted by Gasteiger charge is 2.11. The number of halogens is 1. The molecule has 4 nitrogen and oxygen atoms in total. The van der Waals surface area contributed by atoms with E-state index in [4.69, 9.17) is 22.1 Å². The summed E-state index contributed by atoms with van der Waals surface area (Å²) in [6, 6.07) is 9.77. The van der Waals surface area contributed by atoms with Gasteiger partial charge in [-0.25, -0.2) is 4.98 Å². The molecule has 1 heterocycles. The predicted molar refractivity (Wildman–Crippen MR) is 82.2 cm³/mol. The van der Waals surface area contributed by atoms with Crippen molar-refractivity contribution in [2.45, 2.75) is 13.1 Å². The molecular formula is C15H18ClN3O. The van der Waals surface area contributed by atoms with Gasteiger partial charge >= 0.3 is 0 Å². The van der Waals surface area contributed by atoms with Crippen LogP contribution in [0.2, 0.25) is 5.02 Å². The summed E-state index contributed by atoms with van der Waals surface area (Å²) < 4.78 is 5.15. The van der Waals surface area contributed by atoms with Crippen molar-refractivity contribution in [3.05, 3.63) is 52.7 Å². The van der Waals surface area contributed by atoms with Gasteiger partial charge in [-0.15, -0.1) is 0 Å². The average molecular weight is 292 g/mol. The number of aromatic nitrogens is 1. The first-order valence-corrected chi connectivity index (χ1v) is 6.71. The van der Waals surface area contributed by atoms with E-state index in [2.05, 4.69) is 4.98 Å². The fourth-order valence-corrected chi connectivity index (χ4v) is 2.31. The smallest absolute Gasteiger partial charge is 0.147 e. The Hall–Kier alpha value is -1.78. The standard InChI is InChI=1S/C15H18ClN3O/c1-19(10-11-3-5-13(20-2)6-4-11)15-14(16)12(9-17)7-8-18-15/h3-8H,9-10,17H2,1-2H3. The topological polar surface area (TPSA) is 51.4 Å². The number of anilines is 1. The van der Waals surface area contributed by atoms with Gasteiger partial charge in [0.1, 0.15) is 11.6 Å². The molecule has 20 heavy (non-hydrogen) atoms. The Balaban J connectivity index is 2.16. The summed E-state index contributed by atoms with van der Waals surface area (Å²) in [5, 5.41) is 0.617. The lowest BCUT2D eigenvalue weighted by atomic mass is 10.2. The zero-order valence-corrected chi connectivity index (χ0v) is 12.4. The zero-order valence-electron chi connectivity index (χ0n) is 11.6. The second kappa shape index (κ2) is 6.59. The summed E-state index contributed by atoms with van der Waals surface area (Å²) in [4.78, 5) is 6.33. The van der Waals surface area contributed by atoms with E-state index in [1.165, 1.54) is 0 Å². The van der Waals surface area contributed by atoms with Crippen LogP contribution in [0, 0.1) is 0 Å². The second-order valence-electron chi connectivity index (χ2n) is 4.52. The molecule has 0 radical (unpaired) electrons. The number of ether oxygens (including phenoxy) is 1. The summed E-state index contributed by atoms with van der Waals surface area (Å²) in [6.45, 7) is 1.12. The van der Waals surface area contributed by atoms with Crippen LogP contribution in [0.15, 0.2) is 36.5 Å². The van der Waals surface area contributed by atoms with Crippen LogP contribution in [-0.2, 0) is 13.1 Å². The van der Waals surface area contributed by atoms with Crippen molar-refractivity contribution in [1.82, 2.24) is 4.98 Å². The predicted octanol–water partition coefficient (Wildman–Crippen LogP) is 2.84. The molecule has 0 saturated carbocycles. The summed E-state index contributed by atoms with van der Waals surface area (Å²) >= 11 is 6.31. The van der Waals surface area contributed by atoms with E-state index in [0.29, 0.717) is 18.1 Å². The molecule has 2 N–H and O–H groups in total. The Kier molecular flexibility index (Phi) is 4.82. The van der Waals surface area contributed by atoms with E-state index in [1.807, 2.05) is 42.3 Å². The molecule has 1 aromatic heterocycles. The Morgan fingerprint density at radius 2 is 1.95 bits per heavy atom. The van der Waals surface area contributed by atoms with Crippen molar-refractivity contribution < 1.29 is 4.74 Å². The van der Waals surface area contributed by atoms with Gasteiger partial charge in [-0.1, -0.05) is 23.7 Å². The van der Waals surface area contributed by atoms with Gasteiger partial charge in [0.25, 0.3) is 0 Å². The minimum Gasteiger partial charge on any atom is -0.497 e. The van der Waals surface area contributed by atoms with Crippen molar-refractivity contribution >= 4 is 17.4 Å². The van der Waals surface area contributed by atoms with Crippen LogP contribution in [0.4, 0.5) is 5.82 Å². The van der Waals surface area contributed by atoms with Crippen LogP contribution in [0.1, 0.15) is 11.1 Å². The van der Waals surface area contributed by atoms with E-state index in [9.17, 15) is 0 Å². The third-order valence-electron chi connectivity index (χ3n) is 3.11. The largest absolute Gasteiger partial charge is 0.497 e. The van der Waals surface area contributed by atoms with Crippen LogP contribution in [0.3, 0.4) is 0 Å². The van der Waals surface area contributed by atoms with Gasteiger partial charge < -0.3 is 15.4 Å². The minimum absolute atomic E-state index is 0.407. The van der Waals surface area contributed by atoms with Crippen molar-refractivity contribution in [2.75, 3.05) is 19.1 Å². The maximum absolute atomic E-state index is 6.31. The molecule has 0 aliphatic carbocycles. The van der Waals surface area contributed by atoms with E-state index in [-0.39, 0.29) is 0 Å². The number of nitrogens with two attached hydrogens (primary N) is 1. The van der Waals surface area contributed by atoms with Gasteiger partial charge in [0.05, 0.1) is 12.1 Å². The number of methoxy groups -OCH3 is 1. The number of pyridine rings is 1. The fourth-order valence-electron chi connectivity index (χ4n) is 1.97. The van der Waals surface area contributed by atoms with Gasteiger partial charge in [-0.2, -0.15) is 0 Å². The van der Waals surface area contributed by atoms with Crippen LogP contribution in [-0.4, -0.2) is 19.1 Å². The first-order chi connectivity index (χ1) is 9.65. The molecule has 0 unspecified atom stereocenters. The van der Waals surface area contributed by atoms with Gasteiger partial charge in [-0.3, -0.25) is 0 Å². The second-order valence-corrected chi connectivity index (χ2v) is 4.89. The highest BCUT2D eigenvalue weighted by atomic mass is 35.5. The van der Waals surface area contributed by atoms with E-state index >= 15 is 0 Å². The molecule has 0 bridgehead atoms. The molecule has 5 heteroatoms. The summed E-state index contributed by atoms with van der Waals surface area (Å²) in [5.74, 6) is 1.59. The van der Waals surface area contributed by atoms with Crippen molar-refractivity contribution in [3.8, 4) is 5.75 Å². The maximum Gasteiger partial charge on any atom is 0.147 e. The molecule has 2 rings (SSSR count).